The Morgan fingerprint density at radius 3 is 1.92 bits per heavy atom. The molecule has 0 radical (unpaired) electrons. The van der Waals surface area contributed by atoms with Gasteiger partial charge in [0.1, 0.15) is 0 Å². The summed E-state index contributed by atoms with van der Waals surface area (Å²) in [4.78, 5) is 0. The van der Waals surface area contributed by atoms with Gasteiger partial charge in [0.25, 0.3) is 0 Å². The Kier molecular flexibility index (Phi) is 11.5. The molecule has 0 aliphatic heterocycles. The second-order valence-corrected chi connectivity index (χ2v) is 11.2. The van der Waals surface area contributed by atoms with Crippen LogP contribution < -0.4 is 30.0 Å². The van der Waals surface area contributed by atoms with Gasteiger partial charge < -0.3 is 30.1 Å². The molecule has 1 aromatic carbocycles. The molecule has 0 heterocycles. The quantitative estimate of drug-likeness (QED) is 0.398. The van der Waals surface area contributed by atoms with Gasteiger partial charge in [0.15, 0.2) is 0 Å². The van der Waals surface area contributed by atoms with Crippen LogP contribution in [-0.4, -0.2) is 15.1 Å². The summed E-state index contributed by atoms with van der Waals surface area (Å²) in [5.41, 5.74) is 1.29. The summed E-state index contributed by atoms with van der Waals surface area (Å²) in [5.74, 6) is 0. The number of halogens is 2. The predicted octanol–water partition coefficient (Wildman–Crippen LogP) is -1.29. The van der Waals surface area contributed by atoms with Crippen LogP contribution in [0, 0.1) is 5.41 Å². The first-order valence-corrected chi connectivity index (χ1v) is 9.70. The first-order valence-electron chi connectivity index (χ1n) is 8.28. The zero-order valence-electron chi connectivity index (χ0n) is 16.2. The van der Waals surface area contributed by atoms with Crippen LogP contribution >= 0.6 is 0 Å². The minimum Gasteiger partial charge on any atom is -1.00 e. The Hall–Kier alpha value is 0.167. The van der Waals surface area contributed by atoms with Crippen molar-refractivity contribution in [3.8, 4) is 0 Å². The normalized spacial score (nSPS) is 16.3. The van der Waals surface area contributed by atoms with Gasteiger partial charge >= 0.3 is 0 Å². The van der Waals surface area contributed by atoms with Gasteiger partial charge in [-0.05, 0) is 11.8 Å². The molecule has 1 aromatic rings. The first kappa shape index (κ1) is 27.4. The summed E-state index contributed by atoms with van der Waals surface area (Å²) in [7, 11) is -0.447. The van der Waals surface area contributed by atoms with Gasteiger partial charge in [0, 0.05) is 25.8 Å². The molecule has 1 nitrogen and oxygen atoms in total. The summed E-state index contributed by atoms with van der Waals surface area (Å²) in [6.45, 7) is 14.2. The fraction of sp³-hybridized carbons (Fsp3) is 0.500. The molecule has 0 fully saturated rings. The van der Waals surface area contributed by atoms with E-state index in [2.05, 4.69) is 90.1 Å². The van der Waals surface area contributed by atoms with Crippen molar-refractivity contribution >= 4 is 14.7 Å². The Bertz CT molecular complexity index is 579. The molecule has 0 saturated heterocycles. The summed E-state index contributed by atoms with van der Waals surface area (Å²) in [5, 5.41) is 7.01. The molecular formula is C20H30Cl2HfNSi-3. The second-order valence-electron chi connectivity index (χ2n) is 8.27. The molecule has 1 atom stereocenters. The topological polar surface area (TPSA) is 14.1 Å². The minimum atomic E-state index is -0.447. The van der Waals surface area contributed by atoms with Crippen LogP contribution in [0.2, 0.25) is 5.04 Å². The zero-order chi connectivity index (χ0) is 16.4. The van der Waals surface area contributed by atoms with E-state index in [0.717, 1.165) is 6.42 Å². The molecule has 25 heavy (non-hydrogen) atoms. The third-order valence-electron chi connectivity index (χ3n) is 5.39. The van der Waals surface area contributed by atoms with Crippen LogP contribution in [-0.2, 0) is 25.8 Å². The third-order valence-corrected chi connectivity index (χ3v) is 7.84. The molecule has 140 valence electrons. The van der Waals surface area contributed by atoms with Gasteiger partial charge in [-0.25, -0.2) is 0 Å². The van der Waals surface area contributed by atoms with E-state index in [1.54, 1.807) is 0 Å². The van der Waals surface area contributed by atoms with Crippen molar-refractivity contribution in [2.45, 2.75) is 58.5 Å². The molecule has 0 spiro atoms. The Morgan fingerprint density at radius 2 is 1.48 bits per heavy atom. The molecule has 0 bridgehead atoms. The SMILES string of the molecule is CC(C)(C)C(C)([N-]C1=CC=CC1)C(C)(C)[SiH2]c1ccccc1.[Cl-].[Cl-].[Hf]. The number of benzene rings is 1. The van der Waals surface area contributed by atoms with E-state index in [1.165, 1.54) is 10.9 Å². The fourth-order valence-corrected chi connectivity index (χ4v) is 5.90. The third kappa shape index (κ3) is 6.37. The van der Waals surface area contributed by atoms with Gasteiger partial charge in [-0.2, -0.15) is 5.70 Å². The molecule has 0 saturated carbocycles. The average molecular weight is 562 g/mol. The summed E-state index contributed by atoms with van der Waals surface area (Å²) in [6.07, 6.45) is 7.48. The second kappa shape index (κ2) is 10.5. The number of rotatable bonds is 5. The van der Waals surface area contributed by atoms with Crippen LogP contribution in [0.5, 0.6) is 0 Å². The molecule has 1 unspecified atom stereocenters. The van der Waals surface area contributed by atoms with Crippen molar-refractivity contribution in [1.82, 2.24) is 0 Å². The molecule has 5 heteroatoms. The number of allylic oxidation sites excluding steroid dienone is 3. The van der Waals surface area contributed by atoms with Gasteiger partial charge in [-0.3, -0.25) is 0 Å². The van der Waals surface area contributed by atoms with Gasteiger partial charge in [-0.1, -0.05) is 100 Å². The molecule has 0 N–H and O–H groups in total. The van der Waals surface area contributed by atoms with E-state index in [9.17, 15) is 0 Å². The maximum Gasteiger partial charge on any atom is 0.0594 e. The van der Waals surface area contributed by atoms with E-state index < -0.39 is 9.52 Å². The van der Waals surface area contributed by atoms with E-state index in [4.69, 9.17) is 5.32 Å². The Balaban J connectivity index is 0. The molecular weight excluding hydrogens is 532 g/mol. The molecule has 0 aromatic heterocycles. The number of hydrogen-bond acceptors (Lipinski definition) is 0. The summed E-state index contributed by atoms with van der Waals surface area (Å²) in [6, 6.07) is 11.0. The van der Waals surface area contributed by atoms with Crippen LogP contribution in [0.1, 0.15) is 48.0 Å². The Labute approximate surface area is 187 Å². The summed E-state index contributed by atoms with van der Waals surface area (Å²) < 4.78 is 0. The summed E-state index contributed by atoms with van der Waals surface area (Å²) >= 11 is 0. The minimum absolute atomic E-state index is 0. The molecule has 0 amide bonds. The van der Waals surface area contributed by atoms with Crippen molar-refractivity contribution in [3.63, 3.8) is 0 Å². The molecule has 1 aliphatic rings. The fourth-order valence-electron chi connectivity index (χ4n) is 3.42. The van der Waals surface area contributed by atoms with Gasteiger partial charge in [0.2, 0.25) is 0 Å². The largest absolute Gasteiger partial charge is 1.00 e. The van der Waals surface area contributed by atoms with E-state index >= 15 is 0 Å². The zero-order valence-corrected chi connectivity index (χ0v) is 22.8. The van der Waals surface area contributed by atoms with Crippen molar-refractivity contribution in [2.75, 3.05) is 0 Å². The molecule has 2 rings (SSSR count). The van der Waals surface area contributed by atoms with Crippen LogP contribution in [0.4, 0.5) is 0 Å². The van der Waals surface area contributed by atoms with Crippen molar-refractivity contribution < 1.29 is 50.7 Å². The van der Waals surface area contributed by atoms with Crippen LogP contribution in [0.25, 0.3) is 5.32 Å². The van der Waals surface area contributed by atoms with Crippen molar-refractivity contribution in [3.05, 3.63) is 59.6 Å². The standard InChI is InChI=1S/C20H30NSi.2ClH.Hf/c1-18(2,3)20(6,21-16-12-10-11-13-16)19(4,5)22-17-14-8-7-9-15-17;;;/h7-12,14-15H,13,22H2,1-6H3;2*1H;/q-1;;;/p-2. The molecule has 1 aliphatic carbocycles. The van der Waals surface area contributed by atoms with Crippen molar-refractivity contribution in [1.29, 1.82) is 0 Å². The predicted molar refractivity (Wildman–Crippen MR) is 102 cm³/mol. The maximum absolute atomic E-state index is 5.28. The van der Waals surface area contributed by atoms with Gasteiger partial charge in [0.05, 0.1) is 9.52 Å². The van der Waals surface area contributed by atoms with E-state index in [1.807, 2.05) is 0 Å². The smallest absolute Gasteiger partial charge is 0.0594 e. The maximum atomic E-state index is 5.28. The number of nitrogens with zero attached hydrogens (tertiary/aromatic N) is 1. The van der Waals surface area contributed by atoms with E-state index in [0.29, 0.717) is 0 Å². The number of hydrogen-bond donors (Lipinski definition) is 0. The Morgan fingerprint density at radius 1 is 0.920 bits per heavy atom. The van der Waals surface area contributed by atoms with E-state index in [-0.39, 0.29) is 66.6 Å². The first-order chi connectivity index (χ1) is 10.2. The average Bonchev–Trinajstić information content (AvgIpc) is 2.90. The van der Waals surface area contributed by atoms with Crippen LogP contribution in [0.15, 0.2) is 54.3 Å². The van der Waals surface area contributed by atoms with Gasteiger partial charge in [-0.15, -0.1) is 5.54 Å². The van der Waals surface area contributed by atoms with Crippen LogP contribution in [0.3, 0.4) is 0 Å². The monoisotopic (exact) mass is 562 g/mol. The van der Waals surface area contributed by atoms with Crippen molar-refractivity contribution in [2.24, 2.45) is 5.41 Å².